The van der Waals surface area contributed by atoms with Crippen LogP contribution in [0.4, 0.5) is 17.2 Å². The number of carbonyl (C=O) groups excluding carboxylic acids is 1. The zero-order valence-corrected chi connectivity index (χ0v) is 20.1. The molecule has 3 aliphatic rings. The Hall–Kier alpha value is -3.39. The fraction of sp³-hybridized carbons (Fsp3) is 0.444. The van der Waals surface area contributed by atoms with E-state index in [1.165, 1.54) is 18.5 Å². The highest BCUT2D eigenvalue weighted by Crippen LogP contribution is 2.37. The number of aryl methyl sites for hydroxylation is 1. The van der Waals surface area contributed by atoms with Gasteiger partial charge in [0.15, 0.2) is 0 Å². The smallest absolute Gasteiger partial charge is 0.254 e. The van der Waals surface area contributed by atoms with E-state index >= 15 is 0 Å². The SMILES string of the molecule is C[C@H]1CC[C@H](CO)N(c2ccc(Nc3ccc(-c4cnn5c4CCCC5)c4c3C(=O)NC4)nc2)C1. The molecular weight excluding hydrogens is 440 g/mol. The molecule has 3 aromatic rings. The maximum atomic E-state index is 12.8. The number of pyridine rings is 1. The molecule has 6 rings (SSSR count). The number of carbonyl (C=O) groups is 1. The second-order valence-corrected chi connectivity index (χ2v) is 10.1. The maximum absolute atomic E-state index is 12.8. The van der Waals surface area contributed by atoms with Crippen LogP contribution in [0.15, 0.2) is 36.7 Å². The first kappa shape index (κ1) is 22.1. The Labute approximate surface area is 205 Å². The fourth-order valence-electron chi connectivity index (χ4n) is 5.83. The summed E-state index contributed by atoms with van der Waals surface area (Å²) in [6, 6.07) is 8.22. The molecule has 2 aromatic heterocycles. The molecule has 1 amide bonds. The molecule has 5 heterocycles. The number of hydrogen-bond donors (Lipinski definition) is 3. The van der Waals surface area contributed by atoms with Gasteiger partial charge < -0.3 is 20.6 Å². The van der Waals surface area contributed by atoms with Crippen LogP contribution in [0, 0.1) is 5.92 Å². The van der Waals surface area contributed by atoms with Crippen LogP contribution >= 0.6 is 0 Å². The summed E-state index contributed by atoms with van der Waals surface area (Å²) < 4.78 is 2.11. The Balaban J connectivity index is 1.28. The fourth-order valence-corrected chi connectivity index (χ4v) is 5.83. The molecule has 8 nitrogen and oxygen atoms in total. The van der Waals surface area contributed by atoms with Crippen LogP contribution in [0.1, 0.15) is 54.2 Å². The number of nitrogens with one attached hydrogen (secondary N) is 2. The number of benzene rings is 1. The van der Waals surface area contributed by atoms with Crippen LogP contribution in [0.25, 0.3) is 11.1 Å². The van der Waals surface area contributed by atoms with E-state index in [9.17, 15) is 9.90 Å². The first-order chi connectivity index (χ1) is 17.1. The molecular formula is C27H32N6O2. The molecule has 2 atom stereocenters. The first-order valence-corrected chi connectivity index (χ1v) is 12.7. The second-order valence-electron chi connectivity index (χ2n) is 10.1. The third-order valence-electron chi connectivity index (χ3n) is 7.73. The molecule has 0 unspecified atom stereocenters. The zero-order valence-electron chi connectivity index (χ0n) is 20.1. The summed E-state index contributed by atoms with van der Waals surface area (Å²) in [5.41, 5.74) is 6.99. The van der Waals surface area contributed by atoms with Crippen molar-refractivity contribution in [3.63, 3.8) is 0 Å². The third kappa shape index (κ3) is 3.95. The molecule has 35 heavy (non-hydrogen) atoms. The van der Waals surface area contributed by atoms with Crippen LogP contribution in [-0.4, -0.2) is 45.0 Å². The number of hydrogen-bond acceptors (Lipinski definition) is 6. The lowest BCUT2D eigenvalue weighted by molar-refractivity contribution is 0.0966. The largest absolute Gasteiger partial charge is 0.394 e. The monoisotopic (exact) mass is 472 g/mol. The normalized spacial score (nSPS) is 21.4. The lowest BCUT2D eigenvalue weighted by Gasteiger charge is -2.39. The van der Waals surface area contributed by atoms with E-state index in [4.69, 9.17) is 0 Å². The minimum Gasteiger partial charge on any atom is -0.394 e. The van der Waals surface area contributed by atoms with Gasteiger partial charge in [0.2, 0.25) is 0 Å². The van der Waals surface area contributed by atoms with Gasteiger partial charge in [-0.3, -0.25) is 9.48 Å². The summed E-state index contributed by atoms with van der Waals surface area (Å²) in [5, 5.41) is 20.8. The van der Waals surface area contributed by atoms with Gasteiger partial charge in [-0.15, -0.1) is 0 Å². The lowest BCUT2D eigenvalue weighted by Crippen LogP contribution is -2.44. The molecule has 182 valence electrons. The molecule has 0 aliphatic carbocycles. The molecule has 1 aromatic carbocycles. The van der Waals surface area contributed by atoms with E-state index in [0.717, 1.165) is 60.4 Å². The number of piperidine rings is 1. The quantitative estimate of drug-likeness (QED) is 0.522. The molecule has 8 heteroatoms. The van der Waals surface area contributed by atoms with E-state index in [2.05, 4.69) is 43.3 Å². The van der Waals surface area contributed by atoms with Crippen molar-refractivity contribution in [2.75, 3.05) is 23.4 Å². The summed E-state index contributed by atoms with van der Waals surface area (Å²) in [7, 11) is 0. The van der Waals surface area contributed by atoms with Crippen molar-refractivity contribution >= 4 is 23.1 Å². The molecule has 0 saturated carbocycles. The Bertz CT molecular complexity index is 1250. The summed E-state index contributed by atoms with van der Waals surface area (Å²) in [5.74, 6) is 1.23. The summed E-state index contributed by atoms with van der Waals surface area (Å²) in [6.07, 6.45) is 9.30. The van der Waals surface area contributed by atoms with Gasteiger partial charge in [0.05, 0.1) is 42.0 Å². The molecule has 3 N–H and O–H groups in total. The number of rotatable bonds is 5. The van der Waals surface area contributed by atoms with Crippen molar-refractivity contribution in [2.45, 2.75) is 58.2 Å². The number of nitrogens with zero attached hydrogens (tertiary/aromatic N) is 4. The van der Waals surface area contributed by atoms with Crippen LogP contribution in [0.3, 0.4) is 0 Å². The van der Waals surface area contributed by atoms with Gasteiger partial charge in [-0.1, -0.05) is 13.0 Å². The topological polar surface area (TPSA) is 95.3 Å². The highest BCUT2D eigenvalue weighted by molar-refractivity contribution is 6.06. The maximum Gasteiger partial charge on any atom is 0.254 e. The minimum atomic E-state index is -0.0601. The molecule has 1 saturated heterocycles. The van der Waals surface area contributed by atoms with Crippen molar-refractivity contribution in [3.05, 3.63) is 53.5 Å². The summed E-state index contributed by atoms with van der Waals surface area (Å²) in [6.45, 7) is 4.81. The van der Waals surface area contributed by atoms with Gasteiger partial charge in [0, 0.05) is 30.9 Å². The highest BCUT2D eigenvalue weighted by atomic mass is 16.3. The second kappa shape index (κ2) is 9.00. The zero-order chi connectivity index (χ0) is 23.9. The van der Waals surface area contributed by atoms with Gasteiger partial charge in [-0.2, -0.15) is 5.10 Å². The number of aliphatic hydroxyl groups excluding tert-OH is 1. The van der Waals surface area contributed by atoms with Gasteiger partial charge in [0.1, 0.15) is 5.82 Å². The van der Waals surface area contributed by atoms with Gasteiger partial charge in [0.25, 0.3) is 5.91 Å². The lowest BCUT2D eigenvalue weighted by atomic mass is 9.94. The van der Waals surface area contributed by atoms with Gasteiger partial charge in [-0.05, 0) is 67.3 Å². The van der Waals surface area contributed by atoms with Crippen LogP contribution < -0.4 is 15.5 Å². The third-order valence-corrected chi connectivity index (χ3v) is 7.73. The van der Waals surface area contributed by atoms with Crippen molar-refractivity contribution in [2.24, 2.45) is 5.92 Å². The summed E-state index contributed by atoms with van der Waals surface area (Å²) >= 11 is 0. The minimum absolute atomic E-state index is 0.0601. The van der Waals surface area contributed by atoms with Crippen molar-refractivity contribution in [1.82, 2.24) is 20.1 Å². The highest BCUT2D eigenvalue weighted by Gasteiger charge is 2.29. The van der Waals surface area contributed by atoms with E-state index in [0.29, 0.717) is 23.8 Å². The van der Waals surface area contributed by atoms with E-state index in [1.807, 2.05) is 30.6 Å². The molecule has 3 aliphatic heterocycles. The molecule has 1 fully saturated rings. The Morgan fingerprint density at radius 3 is 2.89 bits per heavy atom. The van der Waals surface area contributed by atoms with Crippen LogP contribution in [-0.2, 0) is 19.5 Å². The number of fused-ring (bicyclic) bond motifs is 2. The summed E-state index contributed by atoms with van der Waals surface area (Å²) in [4.78, 5) is 19.7. The number of amides is 1. The predicted molar refractivity (Wildman–Crippen MR) is 136 cm³/mol. The van der Waals surface area contributed by atoms with E-state index < -0.39 is 0 Å². The molecule has 0 radical (unpaired) electrons. The van der Waals surface area contributed by atoms with E-state index in [-0.39, 0.29) is 18.6 Å². The molecule has 0 spiro atoms. The van der Waals surface area contributed by atoms with Gasteiger partial charge in [-0.25, -0.2) is 4.98 Å². The first-order valence-electron chi connectivity index (χ1n) is 12.7. The van der Waals surface area contributed by atoms with Crippen LogP contribution in [0.5, 0.6) is 0 Å². The average Bonchev–Trinajstić information content (AvgIpc) is 3.49. The Kier molecular flexibility index (Phi) is 5.68. The Morgan fingerprint density at radius 2 is 2.06 bits per heavy atom. The number of aliphatic hydroxyl groups is 1. The van der Waals surface area contributed by atoms with Crippen molar-refractivity contribution in [1.29, 1.82) is 0 Å². The predicted octanol–water partition coefficient (Wildman–Crippen LogP) is 3.87. The average molecular weight is 473 g/mol. The van der Waals surface area contributed by atoms with Crippen LogP contribution in [0.2, 0.25) is 0 Å². The number of anilines is 3. The molecule has 0 bridgehead atoms. The standard InChI is InChI=1S/C27H32N6O2/c1-17-5-6-19(16-34)32(15-17)18-7-10-25(28-12-18)31-23-9-8-20(22-13-29-27(35)26(22)23)21-14-30-33-11-3-2-4-24(21)33/h7-10,12,14,17,19,34H,2-6,11,13,15-16H2,1H3,(H,28,31)(H,29,35)/t17-,19+/m0/s1. The van der Waals surface area contributed by atoms with E-state index in [1.54, 1.807) is 0 Å². The van der Waals surface area contributed by atoms with Crippen molar-refractivity contribution < 1.29 is 9.90 Å². The van der Waals surface area contributed by atoms with Crippen molar-refractivity contribution in [3.8, 4) is 11.1 Å². The Morgan fingerprint density at radius 1 is 1.14 bits per heavy atom. The van der Waals surface area contributed by atoms with Gasteiger partial charge >= 0.3 is 0 Å². The number of aromatic nitrogens is 3.